The summed E-state index contributed by atoms with van der Waals surface area (Å²) in [4.78, 5) is 4.47. The Labute approximate surface area is 101 Å². The number of aromatic nitrogens is 2. The lowest BCUT2D eigenvalue weighted by molar-refractivity contribution is 0.0153. The summed E-state index contributed by atoms with van der Waals surface area (Å²) in [5, 5.41) is 7.41. The first-order chi connectivity index (χ1) is 8.42. The average molecular weight is 237 g/mol. The van der Waals surface area contributed by atoms with Gasteiger partial charge in [0.05, 0.1) is 12.1 Å². The SMILES string of the molecule is C1CCC(Cc2noc([C@@H]3CCCN3)n2)OC1. The molecular weight excluding hydrogens is 218 g/mol. The predicted octanol–water partition coefficient (Wildman–Crippen LogP) is 1.61. The molecule has 1 aromatic heterocycles. The molecular formula is C12H19N3O2. The molecule has 0 bridgehead atoms. The minimum Gasteiger partial charge on any atom is -0.378 e. The van der Waals surface area contributed by atoms with Crippen molar-refractivity contribution in [1.82, 2.24) is 15.5 Å². The summed E-state index contributed by atoms with van der Waals surface area (Å²) in [6.45, 7) is 1.92. The van der Waals surface area contributed by atoms with E-state index in [1.165, 1.54) is 19.3 Å². The molecule has 5 nitrogen and oxygen atoms in total. The van der Waals surface area contributed by atoms with E-state index < -0.39 is 0 Å². The second-order valence-corrected chi connectivity index (χ2v) is 4.89. The third kappa shape index (κ3) is 2.66. The lowest BCUT2D eigenvalue weighted by Crippen LogP contribution is -2.22. The van der Waals surface area contributed by atoms with E-state index >= 15 is 0 Å². The zero-order valence-corrected chi connectivity index (χ0v) is 10.0. The lowest BCUT2D eigenvalue weighted by Gasteiger charge is -2.20. The first-order valence-electron chi connectivity index (χ1n) is 6.59. The Morgan fingerprint density at radius 2 is 2.24 bits per heavy atom. The Morgan fingerprint density at radius 3 is 3.00 bits per heavy atom. The second-order valence-electron chi connectivity index (χ2n) is 4.89. The maximum atomic E-state index is 5.68. The molecule has 2 atom stereocenters. The van der Waals surface area contributed by atoms with Crippen molar-refractivity contribution in [1.29, 1.82) is 0 Å². The lowest BCUT2D eigenvalue weighted by atomic mass is 10.1. The maximum Gasteiger partial charge on any atom is 0.243 e. The van der Waals surface area contributed by atoms with Gasteiger partial charge < -0.3 is 14.6 Å². The zero-order valence-electron chi connectivity index (χ0n) is 10.0. The van der Waals surface area contributed by atoms with Crippen LogP contribution in [0.5, 0.6) is 0 Å². The number of hydrogen-bond donors (Lipinski definition) is 1. The zero-order chi connectivity index (χ0) is 11.5. The van der Waals surface area contributed by atoms with Gasteiger partial charge in [0.1, 0.15) is 0 Å². The average Bonchev–Trinajstić information content (AvgIpc) is 3.00. The van der Waals surface area contributed by atoms with E-state index in [4.69, 9.17) is 9.26 Å². The van der Waals surface area contributed by atoms with Gasteiger partial charge in [-0.15, -0.1) is 0 Å². The smallest absolute Gasteiger partial charge is 0.243 e. The molecule has 2 saturated heterocycles. The van der Waals surface area contributed by atoms with Gasteiger partial charge in [-0.2, -0.15) is 4.98 Å². The molecule has 0 amide bonds. The van der Waals surface area contributed by atoms with Crippen LogP contribution in [-0.4, -0.2) is 29.4 Å². The fourth-order valence-electron chi connectivity index (χ4n) is 2.56. The standard InChI is InChI=1S/C12H19N3O2/c1-2-7-16-9(4-1)8-11-14-12(17-15-11)10-5-3-6-13-10/h9-10,13H,1-8H2/t9?,10-/m0/s1. The molecule has 2 aliphatic rings. The molecule has 0 radical (unpaired) electrons. The predicted molar refractivity (Wildman–Crippen MR) is 61.6 cm³/mol. The highest BCUT2D eigenvalue weighted by Crippen LogP contribution is 2.22. The molecule has 5 heteroatoms. The summed E-state index contributed by atoms with van der Waals surface area (Å²) in [6, 6.07) is 0.267. The van der Waals surface area contributed by atoms with Crippen LogP contribution in [0, 0.1) is 0 Å². The van der Waals surface area contributed by atoms with Crippen LogP contribution >= 0.6 is 0 Å². The quantitative estimate of drug-likeness (QED) is 0.865. The van der Waals surface area contributed by atoms with Crippen molar-refractivity contribution >= 4 is 0 Å². The Balaban J connectivity index is 1.59. The maximum absolute atomic E-state index is 5.68. The van der Waals surface area contributed by atoms with E-state index in [2.05, 4.69) is 15.5 Å². The van der Waals surface area contributed by atoms with Gasteiger partial charge in [-0.05, 0) is 38.6 Å². The Morgan fingerprint density at radius 1 is 1.24 bits per heavy atom. The summed E-state index contributed by atoms with van der Waals surface area (Å²) >= 11 is 0. The van der Waals surface area contributed by atoms with Gasteiger partial charge in [0.25, 0.3) is 0 Å². The highest BCUT2D eigenvalue weighted by molar-refractivity contribution is 4.96. The largest absolute Gasteiger partial charge is 0.378 e. The van der Waals surface area contributed by atoms with Crippen LogP contribution in [0.4, 0.5) is 0 Å². The molecule has 0 saturated carbocycles. The van der Waals surface area contributed by atoms with Crippen LogP contribution in [0.1, 0.15) is 49.9 Å². The molecule has 1 N–H and O–H groups in total. The number of rotatable bonds is 3. The van der Waals surface area contributed by atoms with Crippen molar-refractivity contribution < 1.29 is 9.26 Å². The Hall–Kier alpha value is -0.940. The molecule has 2 fully saturated rings. The summed E-state index contributed by atoms with van der Waals surface area (Å²) < 4.78 is 11.0. The normalized spacial score (nSPS) is 29.6. The third-order valence-corrected chi connectivity index (χ3v) is 3.53. The van der Waals surface area contributed by atoms with Crippen LogP contribution in [0.15, 0.2) is 4.52 Å². The van der Waals surface area contributed by atoms with Crippen LogP contribution < -0.4 is 5.32 Å². The van der Waals surface area contributed by atoms with Crippen LogP contribution in [0.25, 0.3) is 0 Å². The van der Waals surface area contributed by atoms with E-state index in [0.29, 0.717) is 0 Å². The van der Waals surface area contributed by atoms with Crippen molar-refractivity contribution in [3.05, 3.63) is 11.7 Å². The second kappa shape index (κ2) is 5.14. The van der Waals surface area contributed by atoms with E-state index in [-0.39, 0.29) is 12.1 Å². The van der Waals surface area contributed by atoms with Crippen molar-refractivity contribution in [2.24, 2.45) is 0 Å². The molecule has 2 aliphatic heterocycles. The van der Waals surface area contributed by atoms with E-state index in [0.717, 1.165) is 44.1 Å². The molecule has 3 heterocycles. The summed E-state index contributed by atoms with van der Waals surface area (Å²) in [6.07, 6.45) is 6.91. The molecule has 1 aromatic rings. The van der Waals surface area contributed by atoms with Gasteiger partial charge in [-0.1, -0.05) is 5.16 Å². The molecule has 1 unspecified atom stereocenters. The fraction of sp³-hybridized carbons (Fsp3) is 0.833. The van der Waals surface area contributed by atoms with Crippen molar-refractivity contribution in [3.8, 4) is 0 Å². The summed E-state index contributed by atoms with van der Waals surface area (Å²) in [5.74, 6) is 1.54. The van der Waals surface area contributed by atoms with Crippen LogP contribution in [0.3, 0.4) is 0 Å². The number of ether oxygens (including phenoxy) is 1. The molecule has 3 rings (SSSR count). The summed E-state index contributed by atoms with van der Waals surface area (Å²) in [7, 11) is 0. The Kier molecular flexibility index (Phi) is 3.38. The Bertz CT molecular complexity index is 354. The highest BCUT2D eigenvalue weighted by atomic mass is 16.5. The monoisotopic (exact) mass is 237 g/mol. The number of hydrogen-bond acceptors (Lipinski definition) is 5. The minimum absolute atomic E-state index is 0.267. The van der Waals surface area contributed by atoms with Crippen LogP contribution in [-0.2, 0) is 11.2 Å². The minimum atomic E-state index is 0.267. The van der Waals surface area contributed by atoms with E-state index in [1.807, 2.05) is 0 Å². The molecule has 0 aliphatic carbocycles. The number of nitrogens with zero attached hydrogens (tertiary/aromatic N) is 2. The van der Waals surface area contributed by atoms with Crippen molar-refractivity contribution in [3.63, 3.8) is 0 Å². The van der Waals surface area contributed by atoms with E-state index in [1.54, 1.807) is 0 Å². The van der Waals surface area contributed by atoms with E-state index in [9.17, 15) is 0 Å². The van der Waals surface area contributed by atoms with Gasteiger partial charge >= 0.3 is 0 Å². The molecule has 94 valence electrons. The van der Waals surface area contributed by atoms with Crippen molar-refractivity contribution in [2.45, 2.75) is 50.7 Å². The van der Waals surface area contributed by atoms with Gasteiger partial charge in [-0.3, -0.25) is 0 Å². The molecule has 0 aromatic carbocycles. The first-order valence-corrected chi connectivity index (χ1v) is 6.59. The van der Waals surface area contributed by atoms with Gasteiger partial charge in [-0.25, -0.2) is 0 Å². The molecule has 17 heavy (non-hydrogen) atoms. The van der Waals surface area contributed by atoms with Crippen molar-refractivity contribution in [2.75, 3.05) is 13.2 Å². The van der Waals surface area contributed by atoms with Crippen LogP contribution in [0.2, 0.25) is 0 Å². The number of nitrogens with one attached hydrogen (secondary N) is 1. The summed E-state index contributed by atoms with van der Waals surface area (Å²) in [5.41, 5.74) is 0. The fourth-order valence-corrected chi connectivity index (χ4v) is 2.56. The molecule has 0 spiro atoms. The highest BCUT2D eigenvalue weighted by Gasteiger charge is 2.23. The first kappa shape index (κ1) is 11.2. The van der Waals surface area contributed by atoms with Gasteiger partial charge in [0.15, 0.2) is 5.82 Å². The topological polar surface area (TPSA) is 60.2 Å². The van der Waals surface area contributed by atoms with Gasteiger partial charge in [0, 0.05) is 13.0 Å². The third-order valence-electron chi connectivity index (χ3n) is 3.53. The van der Waals surface area contributed by atoms with Gasteiger partial charge in [0.2, 0.25) is 5.89 Å².